The molecule has 0 radical (unpaired) electrons. The molecule has 2 fully saturated rings. The van der Waals surface area contributed by atoms with E-state index in [0.717, 1.165) is 5.56 Å². The van der Waals surface area contributed by atoms with Gasteiger partial charge in [0, 0.05) is 36.8 Å². The molecule has 0 aliphatic carbocycles. The summed E-state index contributed by atoms with van der Waals surface area (Å²) in [4.78, 5) is 12.9. The standard InChI is InChI=1S/C15H21N3O2/c1-11(12-4-6-13(7-5-12)18(19)20)16-14-8-10-17-9-2-3-15(14)17/h4-7,11,14-16H,2-3,8-10H2,1H3. The van der Waals surface area contributed by atoms with Crippen LogP contribution in [0.3, 0.4) is 0 Å². The molecule has 3 rings (SSSR count). The van der Waals surface area contributed by atoms with E-state index in [1.807, 2.05) is 12.1 Å². The van der Waals surface area contributed by atoms with Crippen molar-refractivity contribution in [2.24, 2.45) is 0 Å². The van der Waals surface area contributed by atoms with E-state index in [1.165, 1.54) is 32.4 Å². The molecule has 3 atom stereocenters. The third kappa shape index (κ3) is 2.55. The minimum atomic E-state index is -0.352. The summed E-state index contributed by atoms with van der Waals surface area (Å²) >= 11 is 0. The van der Waals surface area contributed by atoms with Crippen LogP contribution in [0, 0.1) is 10.1 Å². The van der Waals surface area contributed by atoms with Gasteiger partial charge in [-0.3, -0.25) is 15.0 Å². The Hall–Kier alpha value is -1.46. The average Bonchev–Trinajstić information content (AvgIpc) is 3.04. The lowest BCUT2D eigenvalue weighted by atomic mass is 10.0. The molecule has 5 heteroatoms. The maximum atomic E-state index is 10.7. The second-order valence-corrected chi connectivity index (χ2v) is 5.88. The number of hydrogen-bond acceptors (Lipinski definition) is 4. The van der Waals surface area contributed by atoms with Gasteiger partial charge in [0.25, 0.3) is 5.69 Å². The molecule has 108 valence electrons. The number of rotatable bonds is 4. The summed E-state index contributed by atoms with van der Waals surface area (Å²) < 4.78 is 0. The average molecular weight is 275 g/mol. The highest BCUT2D eigenvalue weighted by Gasteiger charge is 2.37. The fourth-order valence-electron chi connectivity index (χ4n) is 3.58. The van der Waals surface area contributed by atoms with Crippen LogP contribution in [0.1, 0.15) is 37.8 Å². The third-order valence-electron chi connectivity index (χ3n) is 4.67. The van der Waals surface area contributed by atoms with Gasteiger partial charge in [0.15, 0.2) is 0 Å². The number of nitro benzene ring substituents is 1. The minimum absolute atomic E-state index is 0.156. The van der Waals surface area contributed by atoms with Crippen LogP contribution < -0.4 is 5.32 Å². The summed E-state index contributed by atoms with van der Waals surface area (Å²) in [6.07, 6.45) is 3.82. The number of fused-ring (bicyclic) bond motifs is 1. The molecule has 0 spiro atoms. The largest absolute Gasteiger partial charge is 0.306 e. The molecule has 0 saturated carbocycles. The van der Waals surface area contributed by atoms with Crippen molar-refractivity contribution in [1.29, 1.82) is 0 Å². The molecule has 1 aromatic carbocycles. The first kappa shape index (κ1) is 13.5. The number of nitrogens with one attached hydrogen (secondary N) is 1. The predicted octanol–water partition coefficient (Wildman–Crippen LogP) is 2.48. The van der Waals surface area contributed by atoms with Crippen LogP contribution in [-0.2, 0) is 0 Å². The van der Waals surface area contributed by atoms with Crippen molar-refractivity contribution in [2.75, 3.05) is 13.1 Å². The van der Waals surface area contributed by atoms with Crippen LogP contribution in [0.15, 0.2) is 24.3 Å². The molecule has 20 heavy (non-hydrogen) atoms. The highest BCUT2D eigenvalue weighted by atomic mass is 16.6. The van der Waals surface area contributed by atoms with Crippen LogP contribution in [0.25, 0.3) is 0 Å². The zero-order valence-electron chi connectivity index (χ0n) is 11.8. The van der Waals surface area contributed by atoms with E-state index < -0.39 is 0 Å². The predicted molar refractivity (Wildman–Crippen MR) is 77.6 cm³/mol. The van der Waals surface area contributed by atoms with E-state index in [-0.39, 0.29) is 16.7 Å². The van der Waals surface area contributed by atoms with E-state index in [0.29, 0.717) is 12.1 Å². The van der Waals surface area contributed by atoms with Crippen molar-refractivity contribution in [2.45, 2.75) is 44.3 Å². The van der Waals surface area contributed by atoms with E-state index in [4.69, 9.17) is 0 Å². The summed E-state index contributed by atoms with van der Waals surface area (Å²) in [5.41, 5.74) is 1.27. The van der Waals surface area contributed by atoms with E-state index in [1.54, 1.807) is 12.1 Å². The molecule has 2 saturated heterocycles. The molecule has 0 bridgehead atoms. The van der Waals surface area contributed by atoms with E-state index in [9.17, 15) is 10.1 Å². The van der Waals surface area contributed by atoms with Gasteiger partial charge in [-0.25, -0.2) is 0 Å². The van der Waals surface area contributed by atoms with Gasteiger partial charge in [-0.1, -0.05) is 12.1 Å². The Bertz CT molecular complexity index is 488. The van der Waals surface area contributed by atoms with Gasteiger partial charge >= 0.3 is 0 Å². The van der Waals surface area contributed by atoms with Gasteiger partial charge in [-0.05, 0) is 38.3 Å². The number of hydrogen-bond donors (Lipinski definition) is 1. The fraction of sp³-hybridized carbons (Fsp3) is 0.600. The van der Waals surface area contributed by atoms with Gasteiger partial charge in [-0.15, -0.1) is 0 Å². The molecule has 0 amide bonds. The number of nitrogens with zero attached hydrogens (tertiary/aromatic N) is 2. The summed E-state index contributed by atoms with van der Waals surface area (Å²) in [6.45, 7) is 4.59. The minimum Gasteiger partial charge on any atom is -0.306 e. The second-order valence-electron chi connectivity index (χ2n) is 5.88. The van der Waals surface area contributed by atoms with Crippen LogP contribution in [0.4, 0.5) is 5.69 Å². The molecule has 2 aliphatic rings. The first-order valence-electron chi connectivity index (χ1n) is 7.39. The summed E-state index contributed by atoms with van der Waals surface area (Å²) in [7, 11) is 0. The van der Waals surface area contributed by atoms with Crippen molar-refractivity contribution in [3.05, 3.63) is 39.9 Å². The molecule has 1 aromatic rings. The Kier molecular flexibility index (Phi) is 3.72. The highest BCUT2D eigenvalue weighted by Crippen LogP contribution is 2.29. The van der Waals surface area contributed by atoms with Gasteiger partial charge in [-0.2, -0.15) is 0 Å². The zero-order valence-corrected chi connectivity index (χ0v) is 11.8. The molecular formula is C15H21N3O2. The Morgan fingerprint density at radius 2 is 2.05 bits per heavy atom. The normalized spacial score (nSPS) is 27.4. The van der Waals surface area contributed by atoms with Crippen molar-refractivity contribution in [3.8, 4) is 0 Å². The molecule has 5 nitrogen and oxygen atoms in total. The Morgan fingerprint density at radius 3 is 2.75 bits per heavy atom. The molecule has 2 aliphatic heterocycles. The third-order valence-corrected chi connectivity index (χ3v) is 4.67. The first-order valence-corrected chi connectivity index (χ1v) is 7.39. The lowest BCUT2D eigenvalue weighted by Crippen LogP contribution is -2.40. The topological polar surface area (TPSA) is 58.4 Å². The van der Waals surface area contributed by atoms with Crippen molar-refractivity contribution in [1.82, 2.24) is 10.2 Å². The number of benzene rings is 1. The van der Waals surface area contributed by atoms with Gasteiger partial charge in [0.1, 0.15) is 0 Å². The summed E-state index contributed by atoms with van der Waals surface area (Å²) in [6, 6.07) is 8.38. The van der Waals surface area contributed by atoms with Gasteiger partial charge in [0.05, 0.1) is 4.92 Å². The number of nitro groups is 1. The SMILES string of the molecule is CC(NC1CCN2CCCC12)c1ccc([N+](=O)[O-])cc1. The molecule has 3 unspecified atom stereocenters. The molecule has 0 aromatic heterocycles. The molecule has 1 N–H and O–H groups in total. The van der Waals surface area contributed by atoms with Gasteiger partial charge in [0.2, 0.25) is 0 Å². The van der Waals surface area contributed by atoms with Crippen molar-refractivity contribution >= 4 is 5.69 Å². The summed E-state index contributed by atoms with van der Waals surface area (Å²) in [5.74, 6) is 0. The first-order chi connectivity index (χ1) is 9.65. The maximum absolute atomic E-state index is 10.7. The second kappa shape index (κ2) is 5.50. The quantitative estimate of drug-likeness (QED) is 0.677. The summed E-state index contributed by atoms with van der Waals surface area (Å²) in [5, 5.41) is 14.4. The van der Waals surface area contributed by atoms with E-state index in [2.05, 4.69) is 17.1 Å². The van der Waals surface area contributed by atoms with Crippen molar-refractivity contribution < 1.29 is 4.92 Å². The highest BCUT2D eigenvalue weighted by molar-refractivity contribution is 5.34. The zero-order chi connectivity index (χ0) is 14.1. The smallest absolute Gasteiger partial charge is 0.269 e. The lowest BCUT2D eigenvalue weighted by Gasteiger charge is -2.25. The Morgan fingerprint density at radius 1 is 1.30 bits per heavy atom. The fourth-order valence-corrected chi connectivity index (χ4v) is 3.58. The van der Waals surface area contributed by atoms with Gasteiger partial charge < -0.3 is 5.32 Å². The Labute approximate surface area is 119 Å². The van der Waals surface area contributed by atoms with Crippen molar-refractivity contribution in [3.63, 3.8) is 0 Å². The van der Waals surface area contributed by atoms with Crippen LogP contribution in [0.2, 0.25) is 0 Å². The monoisotopic (exact) mass is 275 g/mol. The molecule has 2 heterocycles. The molecular weight excluding hydrogens is 254 g/mol. The van der Waals surface area contributed by atoms with Crippen LogP contribution in [-0.4, -0.2) is 35.0 Å². The lowest BCUT2D eigenvalue weighted by molar-refractivity contribution is -0.384. The maximum Gasteiger partial charge on any atom is 0.269 e. The Balaban J connectivity index is 1.64. The van der Waals surface area contributed by atoms with Crippen LogP contribution in [0.5, 0.6) is 0 Å². The number of non-ortho nitro benzene ring substituents is 1. The van der Waals surface area contributed by atoms with Crippen LogP contribution >= 0.6 is 0 Å². The van der Waals surface area contributed by atoms with E-state index >= 15 is 0 Å².